The second kappa shape index (κ2) is 6.99. The Morgan fingerprint density at radius 3 is 2.56 bits per heavy atom. The lowest BCUT2D eigenvalue weighted by Crippen LogP contribution is -2.27. The first-order chi connectivity index (χ1) is 8.52. The zero-order valence-electron chi connectivity index (χ0n) is 11.1. The number of carboxylic acid groups (broad SMARTS) is 1. The highest BCUT2D eigenvalue weighted by Crippen LogP contribution is 2.19. The van der Waals surface area contributed by atoms with Crippen molar-refractivity contribution in [1.29, 1.82) is 0 Å². The lowest BCUT2D eigenvalue weighted by Gasteiger charge is -2.13. The predicted molar refractivity (Wildman–Crippen MR) is 70.2 cm³/mol. The average molecular weight is 251 g/mol. The van der Waals surface area contributed by atoms with Crippen LogP contribution in [0.25, 0.3) is 0 Å². The molecule has 0 unspecified atom stereocenters. The molecular weight excluding hydrogens is 230 g/mol. The van der Waals surface area contributed by atoms with Gasteiger partial charge in [0, 0.05) is 17.7 Å². The van der Waals surface area contributed by atoms with Gasteiger partial charge in [0.25, 0.3) is 0 Å². The van der Waals surface area contributed by atoms with Crippen molar-refractivity contribution in [1.82, 2.24) is 5.32 Å². The topological polar surface area (TPSA) is 66.4 Å². The molecule has 0 radical (unpaired) electrons. The molecule has 1 aliphatic carbocycles. The number of nitrogens with one attached hydrogen (secondary N) is 1. The number of allylic oxidation sites excluding steroid dienone is 1. The minimum Gasteiger partial charge on any atom is -0.478 e. The van der Waals surface area contributed by atoms with Gasteiger partial charge in [0.2, 0.25) is 5.91 Å². The molecular formula is C14H21NO3. The lowest BCUT2D eigenvalue weighted by molar-refractivity contribution is -0.133. The zero-order valence-corrected chi connectivity index (χ0v) is 11.1. The summed E-state index contributed by atoms with van der Waals surface area (Å²) in [6, 6.07) is 0. The maximum Gasteiger partial charge on any atom is 0.331 e. The molecule has 2 N–H and O–H groups in total. The van der Waals surface area contributed by atoms with Crippen molar-refractivity contribution < 1.29 is 14.7 Å². The van der Waals surface area contributed by atoms with Gasteiger partial charge in [0.05, 0.1) is 0 Å². The highest BCUT2D eigenvalue weighted by molar-refractivity contribution is 6.01. The van der Waals surface area contributed by atoms with Crippen LogP contribution in [0, 0.1) is 0 Å². The molecule has 1 rings (SSSR count). The molecule has 1 aliphatic rings. The van der Waals surface area contributed by atoms with Crippen LogP contribution in [0.4, 0.5) is 0 Å². The van der Waals surface area contributed by atoms with Crippen molar-refractivity contribution in [2.24, 2.45) is 0 Å². The molecule has 0 saturated heterocycles. The van der Waals surface area contributed by atoms with Gasteiger partial charge in [-0.2, -0.15) is 0 Å². The van der Waals surface area contributed by atoms with E-state index in [-0.39, 0.29) is 17.1 Å². The highest BCUT2D eigenvalue weighted by atomic mass is 16.4. The number of carbonyl (C=O) groups is 2. The fourth-order valence-electron chi connectivity index (χ4n) is 1.93. The van der Waals surface area contributed by atoms with Crippen LogP contribution in [-0.2, 0) is 9.59 Å². The van der Waals surface area contributed by atoms with Crippen molar-refractivity contribution >= 4 is 11.9 Å². The van der Waals surface area contributed by atoms with Crippen molar-refractivity contribution in [3.05, 3.63) is 22.8 Å². The molecule has 0 aromatic heterocycles. The molecule has 4 heteroatoms. The molecule has 0 spiro atoms. The summed E-state index contributed by atoms with van der Waals surface area (Å²) >= 11 is 0. The van der Waals surface area contributed by atoms with Gasteiger partial charge in [-0.25, -0.2) is 4.79 Å². The Morgan fingerprint density at radius 1 is 1.28 bits per heavy atom. The maximum atomic E-state index is 11.7. The molecule has 0 saturated carbocycles. The summed E-state index contributed by atoms with van der Waals surface area (Å²) in [6.07, 6.45) is 7.87. The van der Waals surface area contributed by atoms with E-state index in [0.29, 0.717) is 6.54 Å². The number of aliphatic carboxylic acids is 1. The van der Waals surface area contributed by atoms with E-state index in [0.717, 1.165) is 19.3 Å². The SMILES string of the molecule is CC(C(=O)O)=C(C)C(=O)NCCC1=CCCCC1. The van der Waals surface area contributed by atoms with Crippen LogP contribution >= 0.6 is 0 Å². The van der Waals surface area contributed by atoms with E-state index in [1.165, 1.54) is 25.3 Å². The Hall–Kier alpha value is -1.58. The fraction of sp³-hybridized carbons (Fsp3) is 0.571. The molecule has 4 nitrogen and oxygen atoms in total. The molecule has 18 heavy (non-hydrogen) atoms. The molecule has 0 aromatic carbocycles. The average Bonchev–Trinajstić information content (AvgIpc) is 2.38. The number of hydrogen-bond acceptors (Lipinski definition) is 2. The summed E-state index contributed by atoms with van der Waals surface area (Å²) in [5, 5.41) is 11.5. The van der Waals surface area contributed by atoms with Crippen LogP contribution in [0.5, 0.6) is 0 Å². The first kappa shape index (κ1) is 14.5. The van der Waals surface area contributed by atoms with Crippen molar-refractivity contribution in [3.63, 3.8) is 0 Å². The van der Waals surface area contributed by atoms with Crippen LogP contribution in [0.15, 0.2) is 22.8 Å². The van der Waals surface area contributed by atoms with Crippen molar-refractivity contribution in [2.75, 3.05) is 6.54 Å². The van der Waals surface area contributed by atoms with E-state index < -0.39 is 5.97 Å². The van der Waals surface area contributed by atoms with Gasteiger partial charge in [-0.1, -0.05) is 11.6 Å². The molecule has 0 heterocycles. The van der Waals surface area contributed by atoms with E-state index >= 15 is 0 Å². The van der Waals surface area contributed by atoms with Gasteiger partial charge in [-0.05, 0) is 46.0 Å². The molecule has 100 valence electrons. The largest absolute Gasteiger partial charge is 0.478 e. The Morgan fingerprint density at radius 2 is 2.00 bits per heavy atom. The standard InChI is InChI=1S/C14H21NO3/c1-10(11(2)14(17)18)13(16)15-9-8-12-6-4-3-5-7-12/h6H,3-5,7-9H2,1-2H3,(H,15,16)(H,17,18). The number of amides is 1. The summed E-state index contributed by atoms with van der Waals surface area (Å²) in [5.74, 6) is -1.33. The van der Waals surface area contributed by atoms with Crippen LogP contribution in [0.2, 0.25) is 0 Å². The van der Waals surface area contributed by atoms with Crippen LogP contribution < -0.4 is 5.32 Å². The van der Waals surface area contributed by atoms with E-state index in [1.54, 1.807) is 6.92 Å². The van der Waals surface area contributed by atoms with Crippen molar-refractivity contribution in [2.45, 2.75) is 46.0 Å². The van der Waals surface area contributed by atoms with Crippen molar-refractivity contribution in [3.8, 4) is 0 Å². The predicted octanol–water partition coefficient (Wildman–Crippen LogP) is 2.41. The van der Waals surface area contributed by atoms with Gasteiger partial charge in [-0.3, -0.25) is 4.79 Å². The van der Waals surface area contributed by atoms with Gasteiger partial charge in [-0.15, -0.1) is 0 Å². The van der Waals surface area contributed by atoms with Gasteiger partial charge < -0.3 is 10.4 Å². The van der Waals surface area contributed by atoms with Crippen LogP contribution in [0.1, 0.15) is 46.0 Å². The Kier molecular flexibility index (Phi) is 5.62. The molecule has 0 aromatic rings. The Balaban J connectivity index is 2.39. The normalized spacial score (nSPS) is 16.7. The third kappa shape index (κ3) is 4.35. The van der Waals surface area contributed by atoms with Gasteiger partial charge >= 0.3 is 5.97 Å². The van der Waals surface area contributed by atoms with Gasteiger partial charge in [0.1, 0.15) is 0 Å². The second-order valence-electron chi connectivity index (χ2n) is 4.67. The third-order valence-electron chi connectivity index (χ3n) is 3.34. The van der Waals surface area contributed by atoms with Crippen LogP contribution in [0.3, 0.4) is 0 Å². The minimum atomic E-state index is -1.04. The number of carboxylic acids is 1. The molecule has 0 fully saturated rings. The van der Waals surface area contributed by atoms with E-state index in [4.69, 9.17) is 5.11 Å². The quantitative estimate of drug-likeness (QED) is 0.582. The summed E-state index contributed by atoms with van der Waals surface area (Å²) in [7, 11) is 0. The fourth-order valence-corrected chi connectivity index (χ4v) is 1.93. The maximum absolute atomic E-state index is 11.7. The lowest BCUT2D eigenvalue weighted by atomic mass is 9.97. The summed E-state index contributed by atoms with van der Waals surface area (Å²) in [4.78, 5) is 22.4. The smallest absolute Gasteiger partial charge is 0.331 e. The monoisotopic (exact) mass is 251 g/mol. The zero-order chi connectivity index (χ0) is 13.5. The third-order valence-corrected chi connectivity index (χ3v) is 3.34. The number of hydrogen-bond donors (Lipinski definition) is 2. The van der Waals surface area contributed by atoms with E-state index in [2.05, 4.69) is 11.4 Å². The van der Waals surface area contributed by atoms with Gasteiger partial charge in [0.15, 0.2) is 0 Å². The Labute approximate surface area is 108 Å². The van der Waals surface area contributed by atoms with Crippen LogP contribution in [-0.4, -0.2) is 23.5 Å². The second-order valence-corrected chi connectivity index (χ2v) is 4.67. The molecule has 0 aliphatic heterocycles. The first-order valence-electron chi connectivity index (χ1n) is 6.39. The summed E-state index contributed by atoms with van der Waals surface area (Å²) in [6.45, 7) is 3.56. The highest BCUT2D eigenvalue weighted by Gasteiger charge is 2.12. The molecule has 1 amide bonds. The minimum absolute atomic E-state index is 0.101. The number of carbonyl (C=O) groups excluding carboxylic acids is 1. The molecule has 0 bridgehead atoms. The Bertz CT molecular complexity index is 394. The first-order valence-corrected chi connectivity index (χ1v) is 6.39. The summed E-state index contributed by atoms with van der Waals surface area (Å²) < 4.78 is 0. The molecule has 0 atom stereocenters. The van der Waals surface area contributed by atoms with E-state index in [1.807, 2.05) is 0 Å². The number of rotatable bonds is 5. The van der Waals surface area contributed by atoms with E-state index in [9.17, 15) is 9.59 Å². The summed E-state index contributed by atoms with van der Waals surface area (Å²) in [5.41, 5.74) is 1.78.